The van der Waals surface area contributed by atoms with Gasteiger partial charge < -0.3 is 5.32 Å². The summed E-state index contributed by atoms with van der Waals surface area (Å²) < 4.78 is 1.42. The fraction of sp³-hybridized carbons (Fsp3) is 0.444. The molecule has 7 rings (SSSR count). The van der Waals surface area contributed by atoms with E-state index in [9.17, 15) is 0 Å². The van der Waals surface area contributed by atoms with E-state index in [4.69, 9.17) is 0 Å². The average molecular weight is 556 g/mol. The first-order valence-corrected chi connectivity index (χ1v) is 18.3. The van der Waals surface area contributed by atoms with Crippen LogP contribution in [-0.4, -0.2) is 18.8 Å². The van der Waals surface area contributed by atoms with Gasteiger partial charge in [-0.2, -0.15) is 0 Å². The van der Waals surface area contributed by atoms with Crippen LogP contribution in [0.1, 0.15) is 82.9 Å². The van der Waals surface area contributed by atoms with Crippen molar-refractivity contribution in [3.05, 3.63) is 76.7 Å². The SMILES string of the molecule is CC1CCC2(C)CCC1c1cc3c(Nc4ccc(S(C)(C)C)cc4-c4ccc(C(C)(C)C)cc4)csc3cc12. The highest BCUT2D eigenvalue weighted by Crippen LogP contribution is 2.55. The lowest BCUT2D eigenvalue weighted by Gasteiger charge is -2.37. The molecule has 4 aromatic rings. The van der Waals surface area contributed by atoms with Crippen molar-refractivity contribution in [2.45, 2.75) is 81.9 Å². The molecule has 39 heavy (non-hydrogen) atoms. The van der Waals surface area contributed by atoms with E-state index in [0.717, 1.165) is 5.92 Å². The summed E-state index contributed by atoms with van der Waals surface area (Å²) in [5, 5.41) is 7.66. The number of benzene rings is 3. The van der Waals surface area contributed by atoms with Gasteiger partial charge in [-0.3, -0.25) is 0 Å². The number of thiophene rings is 1. The monoisotopic (exact) mass is 555 g/mol. The fourth-order valence-corrected chi connectivity index (χ4v) is 8.79. The van der Waals surface area contributed by atoms with Crippen LogP contribution in [0, 0.1) is 5.92 Å². The average Bonchev–Trinajstić information content (AvgIpc) is 3.15. The number of fused-ring (bicyclic) bond motifs is 4. The van der Waals surface area contributed by atoms with Gasteiger partial charge in [0.25, 0.3) is 0 Å². The Morgan fingerprint density at radius 3 is 2.31 bits per heavy atom. The molecule has 0 aliphatic heterocycles. The largest absolute Gasteiger partial charge is 0.354 e. The first kappa shape index (κ1) is 27.0. The first-order valence-electron chi connectivity index (χ1n) is 14.6. The molecule has 1 nitrogen and oxygen atoms in total. The minimum absolute atomic E-state index is 0.151. The smallest absolute Gasteiger partial charge is 0.0573 e. The van der Waals surface area contributed by atoms with Crippen molar-refractivity contribution in [3.63, 3.8) is 0 Å². The maximum atomic E-state index is 3.92. The maximum Gasteiger partial charge on any atom is 0.0573 e. The summed E-state index contributed by atoms with van der Waals surface area (Å²) in [7, 11) is -0.834. The van der Waals surface area contributed by atoms with E-state index in [1.54, 1.807) is 11.1 Å². The van der Waals surface area contributed by atoms with Crippen molar-refractivity contribution in [1.82, 2.24) is 0 Å². The standard InChI is InChI=1S/C36H45NS2/c1-23-15-17-36(5)18-16-27(23)29-20-30-33(22-38-34(30)21-31(29)36)37-32-14-13-26(39(6,7)8)19-28(32)24-9-11-25(12-10-24)35(2,3)4/h9-14,19-23,27,37H,15-18H2,1-8H3. The zero-order valence-electron chi connectivity index (χ0n) is 25.1. The summed E-state index contributed by atoms with van der Waals surface area (Å²) in [5.74, 6) is 1.48. The topological polar surface area (TPSA) is 12.0 Å². The third-order valence-corrected chi connectivity index (χ3v) is 12.3. The van der Waals surface area contributed by atoms with Crippen molar-refractivity contribution in [1.29, 1.82) is 0 Å². The van der Waals surface area contributed by atoms with Crippen molar-refractivity contribution in [2.24, 2.45) is 5.92 Å². The third-order valence-electron chi connectivity index (χ3n) is 9.67. The van der Waals surface area contributed by atoms with Gasteiger partial charge in [-0.15, -0.1) is 11.3 Å². The second-order valence-corrected chi connectivity index (χ2v) is 19.4. The maximum absolute atomic E-state index is 3.92. The van der Waals surface area contributed by atoms with Crippen LogP contribution in [0.3, 0.4) is 0 Å². The van der Waals surface area contributed by atoms with Gasteiger partial charge >= 0.3 is 0 Å². The Balaban J connectivity index is 1.44. The van der Waals surface area contributed by atoms with Crippen molar-refractivity contribution in [2.75, 3.05) is 24.1 Å². The summed E-state index contributed by atoms with van der Waals surface area (Å²) in [6.07, 6.45) is 12.5. The molecule has 2 bridgehead atoms. The molecule has 1 aromatic heterocycles. The lowest BCUT2D eigenvalue weighted by Crippen LogP contribution is -2.26. The number of nitrogens with one attached hydrogen (secondary N) is 1. The van der Waals surface area contributed by atoms with Crippen molar-refractivity contribution >= 4 is 42.8 Å². The molecule has 3 aliphatic carbocycles. The van der Waals surface area contributed by atoms with Crippen LogP contribution < -0.4 is 5.32 Å². The van der Waals surface area contributed by atoms with E-state index in [1.165, 1.54) is 68.7 Å². The summed E-state index contributed by atoms with van der Waals surface area (Å²) in [6, 6.07) is 21.5. The molecule has 3 aliphatic rings. The molecule has 0 amide bonds. The Kier molecular flexibility index (Phi) is 6.51. The van der Waals surface area contributed by atoms with Crippen LogP contribution in [0.15, 0.2) is 64.9 Å². The van der Waals surface area contributed by atoms with Gasteiger partial charge in [0, 0.05) is 26.7 Å². The van der Waals surface area contributed by atoms with Gasteiger partial charge in [-0.25, -0.2) is 10.0 Å². The predicted octanol–water partition coefficient (Wildman–Crippen LogP) is 11.2. The predicted molar refractivity (Wildman–Crippen MR) is 177 cm³/mol. The molecule has 3 aromatic carbocycles. The number of anilines is 2. The van der Waals surface area contributed by atoms with Crippen LogP contribution in [0.2, 0.25) is 0 Å². The van der Waals surface area contributed by atoms with E-state index in [1.807, 2.05) is 11.3 Å². The molecule has 3 unspecified atom stereocenters. The van der Waals surface area contributed by atoms with Crippen LogP contribution >= 0.6 is 21.4 Å². The van der Waals surface area contributed by atoms with Gasteiger partial charge in [0.05, 0.1) is 5.69 Å². The molecular formula is C36H45NS2. The van der Waals surface area contributed by atoms with E-state index in [-0.39, 0.29) is 5.41 Å². The summed E-state index contributed by atoms with van der Waals surface area (Å²) in [5.41, 5.74) is 10.2. The normalized spacial score (nSPS) is 23.5. The van der Waals surface area contributed by atoms with Crippen molar-refractivity contribution < 1.29 is 0 Å². The lowest BCUT2D eigenvalue weighted by molar-refractivity contribution is 0.383. The molecular weight excluding hydrogens is 511 g/mol. The molecule has 1 saturated carbocycles. The highest BCUT2D eigenvalue weighted by molar-refractivity contribution is 8.32. The molecule has 3 heteroatoms. The molecule has 3 atom stereocenters. The van der Waals surface area contributed by atoms with Gasteiger partial charge in [0.1, 0.15) is 0 Å². The molecule has 1 heterocycles. The zero-order valence-corrected chi connectivity index (χ0v) is 26.7. The number of hydrogen-bond acceptors (Lipinski definition) is 2. The van der Waals surface area contributed by atoms with Crippen molar-refractivity contribution in [3.8, 4) is 11.1 Å². The first-order chi connectivity index (χ1) is 18.3. The van der Waals surface area contributed by atoms with E-state index in [0.29, 0.717) is 11.3 Å². The molecule has 1 N–H and O–H groups in total. The Bertz CT molecular complexity index is 1530. The summed E-state index contributed by atoms with van der Waals surface area (Å²) in [6.45, 7) is 11.9. The molecule has 0 spiro atoms. The molecule has 0 radical (unpaired) electrons. The van der Waals surface area contributed by atoms with E-state index in [2.05, 4.69) is 119 Å². The molecule has 0 saturated heterocycles. The van der Waals surface area contributed by atoms with Gasteiger partial charge in [-0.1, -0.05) is 58.9 Å². The second kappa shape index (κ2) is 9.42. The van der Waals surface area contributed by atoms with Crippen LogP contribution in [0.5, 0.6) is 0 Å². The summed E-state index contributed by atoms with van der Waals surface area (Å²) >= 11 is 1.90. The highest BCUT2D eigenvalue weighted by atomic mass is 32.3. The Hall–Kier alpha value is -2.23. The van der Waals surface area contributed by atoms with Crippen LogP contribution in [-0.2, 0) is 10.8 Å². The van der Waals surface area contributed by atoms with E-state index < -0.39 is 10.0 Å². The van der Waals surface area contributed by atoms with E-state index >= 15 is 0 Å². The fourth-order valence-electron chi connectivity index (χ4n) is 6.93. The van der Waals surface area contributed by atoms with Crippen LogP contribution in [0.4, 0.5) is 11.4 Å². The van der Waals surface area contributed by atoms with Crippen LogP contribution in [0.25, 0.3) is 21.2 Å². The zero-order chi connectivity index (χ0) is 27.7. The summed E-state index contributed by atoms with van der Waals surface area (Å²) in [4.78, 5) is 1.45. The Morgan fingerprint density at radius 1 is 0.897 bits per heavy atom. The minimum atomic E-state index is -0.834. The highest BCUT2D eigenvalue weighted by Gasteiger charge is 2.41. The second-order valence-electron chi connectivity index (χ2n) is 14.3. The van der Waals surface area contributed by atoms with Gasteiger partial charge in [0.2, 0.25) is 0 Å². The van der Waals surface area contributed by atoms with Gasteiger partial charge in [-0.05, 0) is 125 Å². The Labute approximate surface area is 241 Å². The van der Waals surface area contributed by atoms with Gasteiger partial charge in [0.15, 0.2) is 0 Å². The Morgan fingerprint density at radius 2 is 1.62 bits per heavy atom. The number of rotatable bonds is 4. The lowest BCUT2D eigenvalue weighted by atomic mass is 9.68. The minimum Gasteiger partial charge on any atom is -0.354 e. The molecule has 1 fully saturated rings. The third kappa shape index (κ3) is 4.84. The molecule has 206 valence electrons. The number of hydrogen-bond donors (Lipinski definition) is 1. The quantitative estimate of drug-likeness (QED) is 0.264.